The van der Waals surface area contributed by atoms with Crippen LogP contribution in [0.25, 0.3) is 0 Å². The van der Waals surface area contributed by atoms with E-state index in [9.17, 15) is 9.59 Å². The van der Waals surface area contributed by atoms with Gasteiger partial charge in [-0.2, -0.15) is 0 Å². The van der Waals surface area contributed by atoms with E-state index in [-0.39, 0.29) is 17.7 Å². The standard InChI is InChI=1S/C19H25ClN2O3/c20-17-3-1-2-15(14-17)4-5-18(23)21-8-6-16(7-9-21)19(24)22-10-12-25-13-11-22/h1-3,14,16H,4-13H2. The van der Waals surface area contributed by atoms with E-state index in [0.717, 1.165) is 18.4 Å². The lowest BCUT2D eigenvalue weighted by Gasteiger charge is -2.35. The summed E-state index contributed by atoms with van der Waals surface area (Å²) in [5.41, 5.74) is 1.08. The minimum absolute atomic E-state index is 0.0510. The van der Waals surface area contributed by atoms with Crippen molar-refractivity contribution >= 4 is 23.4 Å². The highest BCUT2D eigenvalue weighted by Gasteiger charge is 2.30. The van der Waals surface area contributed by atoms with Gasteiger partial charge in [0.2, 0.25) is 11.8 Å². The molecular formula is C19H25ClN2O3. The van der Waals surface area contributed by atoms with E-state index in [1.807, 2.05) is 34.1 Å². The summed E-state index contributed by atoms with van der Waals surface area (Å²) in [6.45, 7) is 4.00. The van der Waals surface area contributed by atoms with Crippen LogP contribution in [-0.4, -0.2) is 61.0 Å². The van der Waals surface area contributed by atoms with Gasteiger partial charge in [-0.3, -0.25) is 9.59 Å². The second kappa shape index (κ2) is 8.68. The summed E-state index contributed by atoms with van der Waals surface area (Å²) in [5, 5.41) is 0.701. The van der Waals surface area contributed by atoms with E-state index in [1.165, 1.54) is 0 Å². The van der Waals surface area contributed by atoms with Gasteiger partial charge >= 0.3 is 0 Å². The van der Waals surface area contributed by atoms with E-state index in [4.69, 9.17) is 16.3 Å². The highest BCUT2D eigenvalue weighted by atomic mass is 35.5. The van der Waals surface area contributed by atoms with Gasteiger partial charge in [-0.15, -0.1) is 0 Å². The van der Waals surface area contributed by atoms with E-state index in [0.29, 0.717) is 57.3 Å². The molecule has 2 saturated heterocycles. The number of ether oxygens (including phenoxy) is 1. The molecule has 2 aliphatic heterocycles. The van der Waals surface area contributed by atoms with Crippen molar-refractivity contribution in [1.82, 2.24) is 9.80 Å². The second-order valence-corrected chi connectivity index (χ2v) is 7.16. The first-order valence-corrected chi connectivity index (χ1v) is 9.40. The molecule has 1 aromatic rings. The summed E-state index contributed by atoms with van der Waals surface area (Å²) < 4.78 is 5.30. The van der Waals surface area contributed by atoms with Crippen LogP contribution in [0.4, 0.5) is 0 Å². The third kappa shape index (κ3) is 4.95. The van der Waals surface area contributed by atoms with Crippen LogP contribution < -0.4 is 0 Å². The fraction of sp³-hybridized carbons (Fsp3) is 0.579. The number of nitrogens with zero attached hydrogens (tertiary/aromatic N) is 2. The highest BCUT2D eigenvalue weighted by molar-refractivity contribution is 6.30. The molecule has 136 valence electrons. The number of morpholine rings is 1. The second-order valence-electron chi connectivity index (χ2n) is 6.72. The Kier molecular flexibility index (Phi) is 6.32. The van der Waals surface area contributed by atoms with Crippen molar-refractivity contribution in [1.29, 1.82) is 0 Å². The molecule has 3 rings (SSSR count). The molecule has 0 atom stereocenters. The maximum absolute atomic E-state index is 12.5. The number of piperidine rings is 1. The van der Waals surface area contributed by atoms with Gasteiger partial charge in [0.1, 0.15) is 0 Å². The minimum atomic E-state index is 0.0510. The fourth-order valence-electron chi connectivity index (χ4n) is 3.52. The number of amides is 2. The molecule has 0 radical (unpaired) electrons. The van der Waals surface area contributed by atoms with Gasteiger partial charge in [0.05, 0.1) is 13.2 Å². The summed E-state index contributed by atoms with van der Waals surface area (Å²) in [5.74, 6) is 0.446. The summed E-state index contributed by atoms with van der Waals surface area (Å²) >= 11 is 5.98. The SMILES string of the molecule is O=C(CCc1cccc(Cl)c1)N1CCC(C(=O)N2CCOCC2)CC1. The average molecular weight is 365 g/mol. The van der Waals surface area contributed by atoms with Crippen LogP contribution in [0.1, 0.15) is 24.8 Å². The largest absolute Gasteiger partial charge is 0.378 e. The number of hydrogen-bond donors (Lipinski definition) is 0. The molecule has 0 unspecified atom stereocenters. The van der Waals surface area contributed by atoms with Crippen molar-refractivity contribution < 1.29 is 14.3 Å². The number of aryl methyl sites for hydroxylation is 1. The molecule has 0 spiro atoms. The van der Waals surface area contributed by atoms with Gasteiger partial charge in [0, 0.05) is 43.5 Å². The lowest BCUT2D eigenvalue weighted by atomic mass is 9.94. The van der Waals surface area contributed by atoms with Crippen molar-refractivity contribution in [2.24, 2.45) is 5.92 Å². The molecular weight excluding hydrogens is 340 g/mol. The first kappa shape index (κ1) is 18.2. The smallest absolute Gasteiger partial charge is 0.225 e. The van der Waals surface area contributed by atoms with Crippen LogP contribution in [0.3, 0.4) is 0 Å². The van der Waals surface area contributed by atoms with Crippen LogP contribution in [0.2, 0.25) is 5.02 Å². The maximum atomic E-state index is 12.5. The first-order chi connectivity index (χ1) is 12.1. The van der Waals surface area contributed by atoms with Crippen molar-refractivity contribution in [2.75, 3.05) is 39.4 Å². The predicted molar refractivity (Wildman–Crippen MR) is 96.5 cm³/mol. The lowest BCUT2D eigenvalue weighted by molar-refractivity contribution is -0.143. The number of likely N-dealkylation sites (tertiary alicyclic amines) is 1. The number of carbonyl (C=O) groups excluding carboxylic acids is 2. The summed E-state index contributed by atoms with van der Waals surface area (Å²) in [4.78, 5) is 28.7. The summed E-state index contributed by atoms with van der Waals surface area (Å²) in [7, 11) is 0. The molecule has 25 heavy (non-hydrogen) atoms. The van der Waals surface area contributed by atoms with Crippen molar-refractivity contribution in [3.63, 3.8) is 0 Å². The summed E-state index contributed by atoms with van der Waals surface area (Å²) in [6, 6.07) is 7.64. The van der Waals surface area contributed by atoms with E-state index >= 15 is 0 Å². The topological polar surface area (TPSA) is 49.9 Å². The number of hydrogen-bond acceptors (Lipinski definition) is 3. The number of halogens is 1. The van der Waals surface area contributed by atoms with Gasteiger partial charge in [-0.25, -0.2) is 0 Å². The van der Waals surface area contributed by atoms with Crippen LogP contribution in [0, 0.1) is 5.92 Å². The molecule has 6 heteroatoms. The van der Waals surface area contributed by atoms with Crippen molar-refractivity contribution in [2.45, 2.75) is 25.7 Å². The molecule has 2 amide bonds. The Hall–Kier alpha value is -1.59. The Balaban J connectivity index is 1.43. The average Bonchev–Trinajstić information content (AvgIpc) is 2.66. The Morgan fingerprint density at radius 2 is 1.80 bits per heavy atom. The van der Waals surface area contributed by atoms with Crippen LogP contribution in [-0.2, 0) is 20.7 Å². The zero-order valence-electron chi connectivity index (χ0n) is 14.5. The number of rotatable bonds is 4. The van der Waals surface area contributed by atoms with Gasteiger partial charge in [-0.1, -0.05) is 23.7 Å². The van der Waals surface area contributed by atoms with Gasteiger partial charge in [-0.05, 0) is 37.0 Å². The monoisotopic (exact) mass is 364 g/mol. The maximum Gasteiger partial charge on any atom is 0.225 e. The molecule has 2 fully saturated rings. The number of benzene rings is 1. The quantitative estimate of drug-likeness (QED) is 0.824. The van der Waals surface area contributed by atoms with Crippen molar-refractivity contribution in [3.8, 4) is 0 Å². The predicted octanol–water partition coefficient (Wildman–Crippen LogP) is 2.37. The van der Waals surface area contributed by atoms with Crippen molar-refractivity contribution in [3.05, 3.63) is 34.9 Å². The molecule has 0 saturated carbocycles. The molecule has 0 N–H and O–H groups in total. The van der Waals surface area contributed by atoms with Crippen LogP contribution in [0.5, 0.6) is 0 Å². The van der Waals surface area contributed by atoms with Gasteiger partial charge in [0.15, 0.2) is 0 Å². The lowest BCUT2D eigenvalue weighted by Crippen LogP contribution is -2.47. The third-order valence-electron chi connectivity index (χ3n) is 5.04. The third-order valence-corrected chi connectivity index (χ3v) is 5.27. The van der Waals surface area contributed by atoms with Gasteiger partial charge in [0.25, 0.3) is 0 Å². The number of carbonyl (C=O) groups is 2. The zero-order valence-corrected chi connectivity index (χ0v) is 15.2. The van der Waals surface area contributed by atoms with E-state index < -0.39 is 0 Å². The van der Waals surface area contributed by atoms with Crippen LogP contribution in [0.15, 0.2) is 24.3 Å². The Labute approximate surface area is 153 Å². The van der Waals surface area contributed by atoms with Crippen LogP contribution >= 0.6 is 11.6 Å². The Bertz CT molecular complexity index is 608. The molecule has 0 bridgehead atoms. The van der Waals surface area contributed by atoms with E-state index in [2.05, 4.69) is 0 Å². The molecule has 5 nitrogen and oxygen atoms in total. The van der Waals surface area contributed by atoms with E-state index in [1.54, 1.807) is 0 Å². The molecule has 1 aromatic carbocycles. The Morgan fingerprint density at radius 1 is 1.08 bits per heavy atom. The first-order valence-electron chi connectivity index (χ1n) is 9.02. The zero-order chi connectivity index (χ0) is 17.6. The Morgan fingerprint density at radius 3 is 2.48 bits per heavy atom. The highest BCUT2D eigenvalue weighted by Crippen LogP contribution is 2.21. The molecule has 0 aliphatic carbocycles. The molecule has 2 heterocycles. The summed E-state index contributed by atoms with van der Waals surface area (Å²) in [6.07, 6.45) is 2.71. The minimum Gasteiger partial charge on any atom is -0.378 e. The van der Waals surface area contributed by atoms with Gasteiger partial charge < -0.3 is 14.5 Å². The molecule has 0 aromatic heterocycles. The normalized spacial score (nSPS) is 19.1. The molecule has 2 aliphatic rings. The fourth-order valence-corrected chi connectivity index (χ4v) is 3.73.